The molecule has 0 amide bonds. The van der Waals surface area contributed by atoms with Crippen LogP contribution < -0.4 is 0 Å². The molecule has 3 aliphatic carbocycles. The highest BCUT2D eigenvalue weighted by Crippen LogP contribution is 2.58. The summed E-state index contributed by atoms with van der Waals surface area (Å²) in [7, 11) is 0. The summed E-state index contributed by atoms with van der Waals surface area (Å²) in [6, 6.07) is 0. The molecule has 3 heteroatoms. The van der Waals surface area contributed by atoms with Crippen molar-refractivity contribution in [2.45, 2.75) is 97.2 Å². The zero-order valence-corrected chi connectivity index (χ0v) is 17.1. The molecule has 2 N–H and O–H groups in total. The fraction of sp³-hybridized carbons (Fsp3) is 0.870. The first-order valence-corrected chi connectivity index (χ1v) is 10.9. The van der Waals surface area contributed by atoms with Crippen molar-refractivity contribution in [3.05, 3.63) is 11.6 Å². The van der Waals surface area contributed by atoms with E-state index < -0.39 is 5.60 Å². The molecule has 26 heavy (non-hydrogen) atoms. The Labute approximate surface area is 159 Å². The van der Waals surface area contributed by atoms with Crippen molar-refractivity contribution >= 4 is 5.78 Å². The van der Waals surface area contributed by atoms with Gasteiger partial charge in [-0.15, -0.1) is 0 Å². The first-order valence-electron chi connectivity index (χ1n) is 10.9. The monoisotopic (exact) mass is 362 g/mol. The summed E-state index contributed by atoms with van der Waals surface area (Å²) >= 11 is 0. The molecule has 0 aromatic rings. The van der Waals surface area contributed by atoms with Crippen LogP contribution >= 0.6 is 0 Å². The summed E-state index contributed by atoms with van der Waals surface area (Å²) in [5.74, 6) is 1.72. The molecular formula is C23H38O3. The van der Waals surface area contributed by atoms with E-state index in [0.717, 1.165) is 51.4 Å². The largest absolute Gasteiger partial charge is 0.393 e. The van der Waals surface area contributed by atoms with E-state index in [0.29, 0.717) is 18.3 Å². The number of aliphatic hydroxyl groups excluding tert-OH is 1. The van der Waals surface area contributed by atoms with Crippen molar-refractivity contribution in [3.8, 4) is 0 Å². The molecule has 0 bridgehead atoms. The van der Waals surface area contributed by atoms with Crippen LogP contribution in [0.25, 0.3) is 0 Å². The summed E-state index contributed by atoms with van der Waals surface area (Å²) in [6.45, 7) is 8.69. The van der Waals surface area contributed by atoms with Gasteiger partial charge < -0.3 is 10.2 Å². The highest BCUT2D eigenvalue weighted by molar-refractivity contribution is 5.91. The van der Waals surface area contributed by atoms with Gasteiger partial charge in [0.25, 0.3) is 0 Å². The number of carbonyl (C=O) groups is 1. The average molecular weight is 363 g/mol. The lowest BCUT2D eigenvalue weighted by Gasteiger charge is -2.53. The third-order valence-corrected chi connectivity index (χ3v) is 8.15. The number of aliphatic hydroxyl groups is 2. The van der Waals surface area contributed by atoms with E-state index in [2.05, 4.69) is 27.7 Å². The van der Waals surface area contributed by atoms with E-state index >= 15 is 0 Å². The number of hydrogen-bond acceptors (Lipinski definition) is 3. The zero-order chi connectivity index (χ0) is 19.1. The molecule has 1 unspecified atom stereocenters. The second kappa shape index (κ2) is 7.39. The Morgan fingerprint density at radius 1 is 1.23 bits per heavy atom. The van der Waals surface area contributed by atoms with Crippen molar-refractivity contribution in [1.29, 1.82) is 0 Å². The maximum Gasteiger partial charge on any atom is 0.155 e. The molecule has 2 saturated carbocycles. The Hall–Kier alpha value is -0.670. The first kappa shape index (κ1) is 20.1. The van der Waals surface area contributed by atoms with Gasteiger partial charge in [-0.1, -0.05) is 39.7 Å². The Bertz CT molecular complexity index is 566. The van der Waals surface area contributed by atoms with Crippen molar-refractivity contribution in [2.24, 2.45) is 29.1 Å². The number of carbonyl (C=O) groups excluding carboxylic acids is 1. The number of allylic oxidation sites excluding steroid dienone is 2. The Kier molecular flexibility index (Phi) is 5.71. The van der Waals surface area contributed by atoms with Gasteiger partial charge in [-0.25, -0.2) is 0 Å². The van der Waals surface area contributed by atoms with Gasteiger partial charge in [0.1, 0.15) is 0 Å². The molecule has 3 rings (SSSR count). The smallest absolute Gasteiger partial charge is 0.155 e. The van der Waals surface area contributed by atoms with Gasteiger partial charge >= 0.3 is 0 Å². The van der Waals surface area contributed by atoms with Crippen LogP contribution in [-0.4, -0.2) is 27.7 Å². The number of hydrogen-bond donors (Lipinski definition) is 2. The summed E-state index contributed by atoms with van der Waals surface area (Å²) in [4.78, 5) is 12.0. The predicted molar refractivity (Wildman–Crippen MR) is 105 cm³/mol. The van der Waals surface area contributed by atoms with Crippen molar-refractivity contribution in [3.63, 3.8) is 0 Å². The molecule has 2 fully saturated rings. The fourth-order valence-corrected chi connectivity index (χ4v) is 6.38. The van der Waals surface area contributed by atoms with E-state index in [9.17, 15) is 15.0 Å². The van der Waals surface area contributed by atoms with E-state index in [1.54, 1.807) is 0 Å². The minimum absolute atomic E-state index is 0.0516. The van der Waals surface area contributed by atoms with Gasteiger partial charge in [0.2, 0.25) is 0 Å². The van der Waals surface area contributed by atoms with Crippen LogP contribution in [-0.2, 0) is 4.79 Å². The van der Waals surface area contributed by atoms with E-state index in [1.807, 2.05) is 6.08 Å². The Balaban J connectivity index is 1.90. The van der Waals surface area contributed by atoms with Crippen LogP contribution in [0, 0.1) is 29.1 Å². The maximum atomic E-state index is 12.0. The van der Waals surface area contributed by atoms with Crippen LogP contribution in [0.5, 0.6) is 0 Å². The predicted octanol–water partition coefficient (Wildman–Crippen LogP) is 4.66. The van der Waals surface area contributed by atoms with Gasteiger partial charge in [0, 0.05) is 6.42 Å². The van der Waals surface area contributed by atoms with Crippen LogP contribution in [0.15, 0.2) is 11.6 Å². The van der Waals surface area contributed by atoms with Crippen LogP contribution in [0.2, 0.25) is 0 Å². The van der Waals surface area contributed by atoms with E-state index in [4.69, 9.17) is 0 Å². The minimum Gasteiger partial charge on any atom is -0.393 e. The number of fused-ring (bicyclic) bond motifs is 1. The van der Waals surface area contributed by atoms with Crippen LogP contribution in [0.3, 0.4) is 0 Å². The molecule has 0 aromatic carbocycles. The van der Waals surface area contributed by atoms with Crippen molar-refractivity contribution < 1.29 is 15.0 Å². The Morgan fingerprint density at radius 3 is 2.58 bits per heavy atom. The highest BCUT2D eigenvalue weighted by Gasteiger charge is 2.53. The molecule has 0 aromatic heterocycles. The number of ketones is 1. The first-order chi connectivity index (χ1) is 12.2. The lowest BCUT2D eigenvalue weighted by atomic mass is 9.52. The highest BCUT2D eigenvalue weighted by atomic mass is 16.3. The molecular weight excluding hydrogens is 324 g/mol. The summed E-state index contributed by atoms with van der Waals surface area (Å²) < 4.78 is 0. The molecule has 0 aliphatic heterocycles. The average Bonchev–Trinajstić information content (AvgIpc) is 2.98. The normalized spacial score (nSPS) is 41.9. The van der Waals surface area contributed by atoms with Gasteiger partial charge in [0.05, 0.1) is 11.7 Å². The maximum absolute atomic E-state index is 12.0. The number of rotatable bonds is 5. The van der Waals surface area contributed by atoms with Gasteiger partial charge in [-0.05, 0) is 80.1 Å². The zero-order valence-electron chi connectivity index (χ0n) is 17.1. The van der Waals surface area contributed by atoms with Gasteiger partial charge in [-0.3, -0.25) is 4.79 Å². The lowest BCUT2D eigenvalue weighted by molar-refractivity contribution is -0.117. The van der Waals surface area contributed by atoms with Crippen LogP contribution in [0.1, 0.15) is 85.5 Å². The third kappa shape index (κ3) is 3.42. The molecule has 0 heterocycles. The van der Waals surface area contributed by atoms with E-state index in [1.165, 1.54) is 5.57 Å². The Morgan fingerprint density at radius 2 is 1.96 bits per heavy atom. The molecule has 6 atom stereocenters. The summed E-state index contributed by atoms with van der Waals surface area (Å²) in [5, 5.41) is 22.1. The molecule has 3 aliphatic rings. The lowest BCUT2D eigenvalue weighted by Crippen LogP contribution is -2.49. The van der Waals surface area contributed by atoms with Crippen molar-refractivity contribution in [2.75, 3.05) is 0 Å². The quantitative estimate of drug-likeness (QED) is 0.748. The molecule has 3 nitrogen and oxygen atoms in total. The molecule has 0 radical (unpaired) electrons. The summed E-state index contributed by atoms with van der Waals surface area (Å²) in [6.07, 6.45) is 9.77. The fourth-order valence-electron chi connectivity index (χ4n) is 6.38. The third-order valence-electron chi connectivity index (χ3n) is 8.15. The second-order valence-corrected chi connectivity index (χ2v) is 9.90. The SMILES string of the molecule is CCC[C@H](O)[C@H]1[C@H](C2CC[C@](O)(C(C)C)C2)CCC2=CC(=O)CC[C@@]21C. The topological polar surface area (TPSA) is 57.5 Å². The molecule has 148 valence electrons. The van der Waals surface area contributed by atoms with E-state index in [-0.39, 0.29) is 29.1 Å². The minimum atomic E-state index is -0.537. The standard InChI is InChI=1S/C23H38O3/c1-5-6-20(25)21-19(16-9-12-23(26,14-16)15(2)3)8-7-17-13-18(24)10-11-22(17,21)4/h13,15-16,19-21,25-26H,5-12,14H2,1-4H3/t16?,19-,20-,21+,22-,23+/m0/s1. The van der Waals surface area contributed by atoms with Crippen molar-refractivity contribution in [1.82, 2.24) is 0 Å². The van der Waals surface area contributed by atoms with Crippen LogP contribution in [0.4, 0.5) is 0 Å². The second-order valence-electron chi connectivity index (χ2n) is 9.90. The van der Waals surface area contributed by atoms with Gasteiger partial charge in [0.15, 0.2) is 5.78 Å². The van der Waals surface area contributed by atoms with Gasteiger partial charge in [-0.2, -0.15) is 0 Å². The molecule has 0 spiro atoms. The molecule has 0 saturated heterocycles. The summed E-state index contributed by atoms with van der Waals surface area (Å²) in [5.41, 5.74) is 0.691.